The summed E-state index contributed by atoms with van der Waals surface area (Å²) in [6, 6.07) is 6.90. The number of ether oxygens (including phenoxy) is 2. The molecule has 1 aliphatic rings. The first kappa shape index (κ1) is 21.2. The molecule has 3 rings (SSSR count). The highest BCUT2D eigenvalue weighted by atomic mass is 32.1. The topological polar surface area (TPSA) is 79.6 Å². The highest BCUT2D eigenvalue weighted by Crippen LogP contribution is 2.35. The Labute approximate surface area is 172 Å². The summed E-state index contributed by atoms with van der Waals surface area (Å²) in [6.07, 6.45) is 4.06. The number of thiophene rings is 1. The molecule has 8 heteroatoms. The minimum absolute atomic E-state index is 0.0523. The zero-order chi connectivity index (χ0) is 21.0. The van der Waals surface area contributed by atoms with Gasteiger partial charge in [-0.2, -0.15) is 5.26 Å². The molecule has 0 aliphatic heterocycles. The fourth-order valence-electron chi connectivity index (χ4n) is 3.80. The summed E-state index contributed by atoms with van der Waals surface area (Å²) in [5.74, 6) is -1.56. The van der Waals surface area contributed by atoms with E-state index in [9.17, 15) is 19.2 Å². The number of fused-ring (bicyclic) bond motifs is 1. The summed E-state index contributed by atoms with van der Waals surface area (Å²) >= 11 is 1.11. The largest absolute Gasteiger partial charge is 0.451 e. The van der Waals surface area contributed by atoms with Gasteiger partial charge in [0.25, 0.3) is 5.91 Å². The number of carbonyl (C=O) groups excluding carboxylic acids is 2. The van der Waals surface area contributed by atoms with E-state index in [1.165, 1.54) is 18.1 Å². The van der Waals surface area contributed by atoms with Gasteiger partial charge in [-0.3, -0.25) is 4.79 Å². The number of esters is 1. The molecule has 2 aromatic rings. The van der Waals surface area contributed by atoms with Crippen LogP contribution >= 0.6 is 11.3 Å². The third kappa shape index (κ3) is 4.11. The molecule has 1 saturated carbocycles. The number of benzene rings is 1. The third-order valence-corrected chi connectivity index (χ3v) is 6.65. The number of hydrogen-bond acceptors (Lipinski definition) is 6. The minimum Gasteiger partial charge on any atom is -0.451 e. The maximum atomic E-state index is 14.3. The number of likely N-dealkylation sites (N-methyl/N-ethyl adjacent to an activating group) is 1. The van der Waals surface area contributed by atoms with Crippen molar-refractivity contribution >= 4 is 33.3 Å². The van der Waals surface area contributed by atoms with Crippen LogP contribution in [0.15, 0.2) is 18.2 Å². The van der Waals surface area contributed by atoms with Crippen LogP contribution in [0.3, 0.4) is 0 Å². The van der Waals surface area contributed by atoms with Gasteiger partial charge in [-0.1, -0.05) is 25.3 Å². The quantitative estimate of drug-likeness (QED) is 0.662. The summed E-state index contributed by atoms with van der Waals surface area (Å²) in [7, 11) is 3.04. The van der Waals surface area contributed by atoms with E-state index in [-0.39, 0.29) is 11.5 Å². The average Bonchev–Trinajstić information content (AvgIpc) is 3.12. The molecule has 0 radical (unpaired) electrons. The lowest BCUT2D eigenvalue weighted by molar-refractivity contribution is -0.138. The molecule has 1 heterocycles. The normalized spacial score (nSPS) is 15.7. The summed E-state index contributed by atoms with van der Waals surface area (Å²) in [6.45, 7) is -0.418. The van der Waals surface area contributed by atoms with Crippen LogP contribution < -0.4 is 0 Å². The van der Waals surface area contributed by atoms with Crippen molar-refractivity contribution in [3.63, 3.8) is 0 Å². The Morgan fingerprint density at radius 3 is 2.69 bits per heavy atom. The van der Waals surface area contributed by atoms with Crippen molar-refractivity contribution in [2.45, 2.75) is 44.2 Å². The van der Waals surface area contributed by atoms with Crippen LogP contribution in [-0.4, -0.2) is 43.1 Å². The Hall–Kier alpha value is -2.50. The van der Waals surface area contributed by atoms with E-state index in [2.05, 4.69) is 6.07 Å². The zero-order valence-electron chi connectivity index (χ0n) is 16.5. The van der Waals surface area contributed by atoms with E-state index in [4.69, 9.17) is 9.47 Å². The predicted molar refractivity (Wildman–Crippen MR) is 107 cm³/mol. The van der Waals surface area contributed by atoms with Crippen LogP contribution in [0.4, 0.5) is 4.39 Å². The SMILES string of the molecule is COCc1c(C(=O)OCC(=O)N(C)C2(C#N)CCCCC2)sc2cccc(F)c12. The molecule has 6 nitrogen and oxygen atoms in total. The summed E-state index contributed by atoms with van der Waals surface area (Å²) in [5.41, 5.74) is -0.430. The number of nitriles is 1. The number of amides is 1. The van der Waals surface area contributed by atoms with E-state index in [0.29, 0.717) is 28.5 Å². The molecule has 0 atom stereocenters. The van der Waals surface area contributed by atoms with Crippen molar-refractivity contribution < 1.29 is 23.5 Å². The first-order chi connectivity index (χ1) is 13.9. The molecular weight excluding hydrogens is 395 g/mol. The molecule has 1 aromatic heterocycles. The van der Waals surface area contributed by atoms with E-state index in [1.54, 1.807) is 19.2 Å². The summed E-state index contributed by atoms with van der Waals surface area (Å²) in [4.78, 5) is 26.9. The number of hydrogen-bond donors (Lipinski definition) is 0. The van der Waals surface area contributed by atoms with Crippen LogP contribution in [0.5, 0.6) is 0 Å². The molecule has 0 N–H and O–H groups in total. The van der Waals surface area contributed by atoms with Crippen molar-refractivity contribution in [1.82, 2.24) is 4.90 Å². The molecule has 0 bridgehead atoms. The lowest BCUT2D eigenvalue weighted by atomic mass is 9.81. The Morgan fingerprint density at radius 1 is 1.31 bits per heavy atom. The first-order valence-corrected chi connectivity index (χ1v) is 10.3. The molecule has 29 heavy (non-hydrogen) atoms. The monoisotopic (exact) mass is 418 g/mol. The number of nitrogens with zero attached hydrogens (tertiary/aromatic N) is 2. The fraction of sp³-hybridized carbons (Fsp3) is 0.476. The Morgan fingerprint density at radius 2 is 2.03 bits per heavy atom. The first-order valence-electron chi connectivity index (χ1n) is 9.47. The maximum absolute atomic E-state index is 14.3. The second kappa shape index (κ2) is 8.89. The zero-order valence-corrected chi connectivity index (χ0v) is 17.3. The van der Waals surface area contributed by atoms with Crippen molar-refractivity contribution in [3.05, 3.63) is 34.5 Å². The van der Waals surface area contributed by atoms with Crippen LogP contribution in [0, 0.1) is 17.1 Å². The third-order valence-electron chi connectivity index (χ3n) is 5.47. The second-order valence-electron chi connectivity index (χ2n) is 7.19. The molecule has 154 valence electrons. The van der Waals surface area contributed by atoms with Crippen LogP contribution in [0.25, 0.3) is 10.1 Å². The van der Waals surface area contributed by atoms with Crippen LogP contribution in [-0.2, 0) is 20.9 Å². The van der Waals surface area contributed by atoms with Crippen molar-refractivity contribution in [2.75, 3.05) is 20.8 Å². The van der Waals surface area contributed by atoms with Gasteiger partial charge < -0.3 is 14.4 Å². The van der Waals surface area contributed by atoms with E-state index in [1.807, 2.05) is 0 Å². The standard InChI is InChI=1S/C21H23FN2O4S/c1-24(21(13-23)9-4-3-5-10-21)17(25)12-28-20(26)19-14(11-27-2)18-15(22)7-6-8-16(18)29-19/h6-8H,3-5,9-12H2,1-2H3. The predicted octanol–water partition coefficient (Wildman–Crippen LogP) is 4.03. The number of carbonyl (C=O) groups is 2. The Kier molecular flexibility index (Phi) is 6.50. The smallest absolute Gasteiger partial charge is 0.349 e. The van der Waals surface area contributed by atoms with Crippen molar-refractivity contribution in [3.8, 4) is 6.07 Å². The Balaban J connectivity index is 1.75. The van der Waals surface area contributed by atoms with Gasteiger partial charge in [-0.25, -0.2) is 9.18 Å². The summed E-state index contributed by atoms with van der Waals surface area (Å²) in [5, 5.41) is 9.95. The maximum Gasteiger partial charge on any atom is 0.349 e. The highest BCUT2D eigenvalue weighted by molar-refractivity contribution is 7.21. The number of rotatable bonds is 6. The van der Waals surface area contributed by atoms with E-state index >= 15 is 0 Å². The molecule has 1 aromatic carbocycles. The molecule has 0 saturated heterocycles. The van der Waals surface area contributed by atoms with Gasteiger partial charge >= 0.3 is 5.97 Å². The molecule has 1 aliphatic carbocycles. The van der Waals surface area contributed by atoms with E-state index in [0.717, 1.165) is 30.6 Å². The minimum atomic E-state index is -0.844. The fourth-order valence-corrected chi connectivity index (χ4v) is 4.92. The van der Waals surface area contributed by atoms with Crippen molar-refractivity contribution in [2.24, 2.45) is 0 Å². The number of methoxy groups -OCH3 is 1. The lowest BCUT2D eigenvalue weighted by Crippen LogP contribution is -2.51. The van der Waals surface area contributed by atoms with Crippen LogP contribution in [0.1, 0.15) is 47.3 Å². The van der Waals surface area contributed by atoms with Crippen LogP contribution in [0.2, 0.25) is 0 Å². The molecule has 0 unspecified atom stereocenters. The summed E-state index contributed by atoms with van der Waals surface area (Å²) < 4.78 is 25.2. The van der Waals surface area contributed by atoms with Crippen molar-refractivity contribution in [1.29, 1.82) is 5.26 Å². The van der Waals surface area contributed by atoms with Gasteiger partial charge in [0.15, 0.2) is 6.61 Å². The van der Waals surface area contributed by atoms with Gasteiger partial charge in [-0.05, 0) is 25.0 Å². The molecule has 0 spiro atoms. The molecule has 1 amide bonds. The Bertz CT molecular complexity index is 959. The average molecular weight is 418 g/mol. The second-order valence-corrected chi connectivity index (χ2v) is 8.24. The van der Waals surface area contributed by atoms with Gasteiger partial charge in [0.05, 0.1) is 12.7 Å². The lowest BCUT2D eigenvalue weighted by Gasteiger charge is -2.38. The van der Waals surface area contributed by atoms with Gasteiger partial charge in [0.2, 0.25) is 0 Å². The molecular formula is C21H23FN2O4S. The van der Waals surface area contributed by atoms with Gasteiger partial charge in [0.1, 0.15) is 16.2 Å². The number of halogens is 1. The molecule has 1 fully saturated rings. The highest BCUT2D eigenvalue weighted by Gasteiger charge is 2.39. The van der Waals surface area contributed by atoms with Gasteiger partial charge in [0, 0.05) is 29.8 Å². The van der Waals surface area contributed by atoms with Gasteiger partial charge in [-0.15, -0.1) is 11.3 Å². The van der Waals surface area contributed by atoms with E-state index < -0.39 is 29.8 Å².